The molecule has 2 fully saturated rings. The van der Waals surface area contributed by atoms with Crippen LogP contribution < -0.4 is 15.5 Å². The van der Waals surface area contributed by atoms with Crippen molar-refractivity contribution in [2.45, 2.75) is 51.1 Å². The van der Waals surface area contributed by atoms with E-state index in [0.29, 0.717) is 0 Å². The fraction of sp³-hybridized carbons (Fsp3) is 0.583. The van der Waals surface area contributed by atoms with Crippen LogP contribution in [0.2, 0.25) is 0 Å². The summed E-state index contributed by atoms with van der Waals surface area (Å²) in [6, 6.07) is 8.55. The third kappa shape index (κ3) is 6.84. The van der Waals surface area contributed by atoms with Crippen LogP contribution in [0.1, 0.15) is 55.9 Å². The number of hydrogen-bond donors (Lipinski definition) is 2. The van der Waals surface area contributed by atoms with Gasteiger partial charge in [-0.25, -0.2) is 4.98 Å². The van der Waals surface area contributed by atoms with E-state index in [2.05, 4.69) is 48.6 Å². The van der Waals surface area contributed by atoms with Gasteiger partial charge in [-0.05, 0) is 75.0 Å². The van der Waals surface area contributed by atoms with E-state index in [4.69, 9.17) is 4.42 Å². The van der Waals surface area contributed by atoms with Gasteiger partial charge < -0.3 is 20.0 Å². The lowest BCUT2D eigenvalue weighted by Crippen LogP contribution is -2.44. The summed E-state index contributed by atoms with van der Waals surface area (Å²) >= 11 is 0. The molecule has 4 rings (SSSR count). The topological polar surface area (TPSA) is 68.9 Å². The summed E-state index contributed by atoms with van der Waals surface area (Å²) in [6.07, 6.45) is 11.4. The first-order chi connectivity index (χ1) is 15.3. The van der Waals surface area contributed by atoms with Crippen molar-refractivity contribution in [1.82, 2.24) is 20.5 Å². The number of furan rings is 1. The maximum atomic E-state index is 5.76. The number of pyridine rings is 1. The molecule has 2 N–H and O–H groups in total. The van der Waals surface area contributed by atoms with Crippen molar-refractivity contribution in [2.24, 2.45) is 4.99 Å². The molecule has 2 aromatic rings. The van der Waals surface area contributed by atoms with E-state index in [1.807, 2.05) is 19.3 Å². The van der Waals surface area contributed by atoms with Crippen molar-refractivity contribution < 1.29 is 4.42 Å². The Kier molecular flexibility index (Phi) is 10.1. The maximum Gasteiger partial charge on any atom is 0.191 e. The second kappa shape index (κ2) is 13.0. The largest absolute Gasteiger partial charge is 0.468 e. The molecule has 4 heterocycles. The van der Waals surface area contributed by atoms with Gasteiger partial charge in [-0.1, -0.05) is 6.42 Å². The van der Waals surface area contributed by atoms with Crippen LogP contribution in [0.25, 0.3) is 0 Å². The molecule has 7 nitrogen and oxygen atoms in total. The van der Waals surface area contributed by atoms with Crippen LogP contribution in [0.3, 0.4) is 0 Å². The van der Waals surface area contributed by atoms with Crippen molar-refractivity contribution in [3.63, 3.8) is 0 Å². The first-order valence-corrected chi connectivity index (χ1v) is 11.8. The number of anilines is 1. The maximum absolute atomic E-state index is 5.76. The summed E-state index contributed by atoms with van der Waals surface area (Å²) in [4.78, 5) is 13.9. The Morgan fingerprint density at radius 1 is 1.06 bits per heavy atom. The molecule has 2 aliphatic rings. The lowest BCUT2D eigenvalue weighted by atomic mass is 10.1. The number of nitrogens with zero attached hydrogens (tertiary/aromatic N) is 4. The Morgan fingerprint density at radius 3 is 2.50 bits per heavy atom. The van der Waals surface area contributed by atoms with Gasteiger partial charge in [0.2, 0.25) is 0 Å². The van der Waals surface area contributed by atoms with Gasteiger partial charge in [-0.3, -0.25) is 9.89 Å². The zero-order valence-corrected chi connectivity index (χ0v) is 21.5. The fourth-order valence-electron chi connectivity index (χ4n) is 4.59. The third-order valence-corrected chi connectivity index (χ3v) is 6.34. The van der Waals surface area contributed by atoms with Crippen LogP contribution in [0.15, 0.2) is 46.1 Å². The molecule has 0 aliphatic carbocycles. The summed E-state index contributed by atoms with van der Waals surface area (Å²) < 4.78 is 5.76. The van der Waals surface area contributed by atoms with E-state index >= 15 is 0 Å². The summed E-state index contributed by atoms with van der Waals surface area (Å²) in [7, 11) is 1.82. The highest BCUT2D eigenvalue weighted by Gasteiger charge is 2.24. The minimum atomic E-state index is 0. The van der Waals surface area contributed by atoms with Crippen molar-refractivity contribution in [3.8, 4) is 0 Å². The van der Waals surface area contributed by atoms with Crippen LogP contribution in [-0.4, -0.2) is 55.6 Å². The van der Waals surface area contributed by atoms with Crippen molar-refractivity contribution in [1.29, 1.82) is 0 Å². The Labute approximate surface area is 209 Å². The quantitative estimate of drug-likeness (QED) is 0.305. The average Bonchev–Trinajstić information content (AvgIpc) is 3.37. The molecule has 176 valence electrons. The van der Waals surface area contributed by atoms with Crippen LogP contribution in [0, 0.1) is 0 Å². The average molecular weight is 553 g/mol. The first kappa shape index (κ1) is 24.8. The number of halogens is 1. The monoisotopic (exact) mass is 552 g/mol. The number of rotatable bonds is 7. The van der Waals surface area contributed by atoms with E-state index in [1.165, 1.54) is 44.1 Å². The highest BCUT2D eigenvalue weighted by Crippen LogP contribution is 2.24. The lowest BCUT2D eigenvalue weighted by molar-refractivity contribution is 0.146. The normalized spacial score (nSPS) is 18.7. The molecule has 0 saturated carbocycles. The van der Waals surface area contributed by atoms with Crippen molar-refractivity contribution in [3.05, 3.63) is 48.0 Å². The number of guanidine groups is 1. The Hall–Kier alpha value is -1.81. The fourth-order valence-corrected chi connectivity index (χ4v) is 4.59. The zero-order chi connectivity index (χ0) is 21.3. The highest BCUT2D eigenvalue weighted by molar-refractivity contribution is 14.0. The number of likely N-dealkylation sites (tertiary alicyclic amines) is 1. The molecule has 1 unspecified atom stereocenters. The summed E-state index contributed by atoms with van der Waals surface area (Å²) in [5.41, 5.74) is 1.22. The van der Waals surface area contributed by atoms with Gasteiger partial charge in [0, 0.05) is 39.4 Å². The summed E-state index contributed by atoms with van der Waals surface area (Å²) in [5, 5.41) is 6.98. The molecule has 2 aromatic heterocycles. The standard InChI is InChI=1S/C24H36N6O.HI/c1-25-24(27-18-20-10-11-26-23(17-20)30-14-6-3-7-15-30)28-19-21(22-9-8-16-31-22)29-12-4-2-5-13-29;/h8-11,16-17,21H,2-7,12-15,18-19H2,1H3,(H2,25,27,28);1H. The van der Waals surface area contributed by atoms with Crippen LogP contribution in [-0.2, 0) is 6.54 Å². The second-order valence-corrected chi connectivity index (χ2v) is 8.50. The molecule has 0 amide bonds. The van der Waals surface area contributed by atoms with Gasteiger partial charge >= 0.3 is 0 Å². The molecule has 1 atom stereocenters. The molecule has 0 bridgehead atoms. The second-order valence-electron chi connectivity index (χ2n) is 8.50. The highest BCUT2D eigenvalue weighted by atomic mass is 127. The van der Waals surface area contributed by atoms with Gasteiger partial charge in [0.25, 0.3) is 0 Å². The van der Waals surface area contributed by atoms with E-state index in [9.17, 15) is 0 Å². The molecule has 8 heteroatoms. The molecule has 0 aromatic carbocycles. The number of aliphatic imine (C=N–C) groups is 1. The predicted molar refractivity (Wildman–Crippen MR) is 141 cm³/mol. The lowest BCUT2D eigenvalue weighted by Gasteiger charge is -2.33. The first-order valence-electron chi connectivity index (χ1n) is 11.8. The SMILES string of the molecule is CN=C(NCc1ccnc(N2CCCCC2)c1)NCC(c1ccco1)N1CCCCC1.I. The van der Waals surface area contributed by atoms with Gasteiger partial charge in [0.15, 0.2) is 5.96 Å². The van der Waals surface area contributed by atoms with E-state index in [0.717, 1.165) is 56.8 Å². The molecule has 0 spiro atoms. The smallest absolute Gasteiger partial charge is 0.191 e. The van der Waals surface area contributed by atoms with E-state index in [-0.39, 0.29) is 30.0 Å². The van der Waals surface area contributed by atoms with Gasteiger partial charge in [-0.15, -0.1) is 24.0 Å². The summed E-state index contributed by atoms with van der Waals surface area (Å²) in [6.45, 7) is 5.95. The van der Waals surface area contributed by atoms with Crippen LogP contribution in [0.5, 0.6) is 0 Å². The predicted octanol–water partition coefficient (Wildman–Crippen LogP) is 4.18. The van der Waals surface area contributed by atoms with Gasteiger partial charge in [-0.2, -0.15) is 0 Å². The molecule has 2 aliphatic heterocycles. The number of hydrogen-bond acceptors (Lipinski definition) is 5. The molecular formula is C24H37IN6O. The Bertz CT molecular complexity index is 816. The molecular weight excluding hydrogens is 515 g/mol. The number of piperidine rings is 2. The van der Waals surface area contributed by atoms with E-state index in [1.54, 1.807) is 6.26 Å². The summed E-state index contributed by atoms with van der Waals surface area (Å²) in [5.74, 6) is 2.92. The minimum absolute atomic E-state index is 0. The van der Waals surface area contributed by atoms with Crippen molar-refractivity contribution >= 4 is 35.8 Å². The van der Waals surface area contributed by atoms with Crippen LogP contribution in [0.4, 0.5) is 5.82 Å². The Balaban J connectivity index is 0.00000289. The molecule has 0 radical (unpaired) electrons. The van der Waals surface area contributed by atoms with Gasteiger partial charge in [0.1, 0.15) is 11.6 Å². The Morgan fingerprint density at radius 2 is 1.81 bits per heavy atom. The van der Waals surface area contributed by atoms with Gasteiger partial charge in [0.05, 0.1) is 12.3 Å². The molecule has 2 saturated heterocycles. The molecule has 32 heavy (non-hydrogen) atoms. The van der Waals surface area contributed by atoms with E-state index < -0.39 is 0 Å². The zero-order valence-electron chi connectivity index (χ0n) is 19.1. The van der Waals surface area contributed by atoms with Crippen LogP contribution >= 0.6 is 24.0 Å². The number of nitrogens with one attached hydrogen (secondary N) is 2. The third-order valence-electron chi connectivity index (χ3n) is 6.34. The van der Waals surface area contributed by atoms with Crippen molar-refractivity contribution in [2.75, 3.05) is 44.7 Å². The number of aromatic nitrogens is 1. The minimum Gasteiger partial charge on any atom is -0.468 e.